The molecule has 1 aromatic carbocycles. The Bertz CT molecular complexity index is 374. The van der Waals surface area contributed by atoms with Crippen LogP contribution in [0.5, 0.6) is 5.75 Å². The van der Waals surface area contributed by atoms with Crippen LogP contribution >= 0.6 is 0 Å². The van der Waals surface area contributed by atoms with Gasteiger partial charge in [0.25, 0.3) is 0 Å². The van der Waals surface area contributed by atoms with E-state index in [1.807, 2.05) is 19.0 Å². The smallest absolute Gasteiger partial charge is 0.126 e. The second-order valence-corrected chi connectivity index (χ2v) is 3.75. The lowest BCUT2D eigenvalue weighted by molar-refractivity contribution is 0.187. The molecular weight excluding hydrogens is 207 g/mol. The molecule has 0 aliphatic heterocycles. The topological polar surface area (TPSA) is 36.3 Å². The van der Waals surface area contributed by atoms with Crippen molar-refractivity contribution in [2.75, 3.05) is 20.7 Å². The lowest BCUT2D eigenvalue weighted by atomic mass is 10.2. The van der Waals surface area contributed by atoms with Gasteiger partial charge in [-0.15, -0.1) is 0 Å². The van der Waals surface area contributed by atoms with Crippen LogP contribution in [0, 0.1) is 17.1 Å². The zero-order chi connectivity index (χ0) is 12.0. The lowest BCUT2D eigenvalue weighted by Crippen LogP contribution is -2.33. The van der Waals surface area contributed by atoms with Crippen LogP contribution in [0.2, 0.25) is 0 Å². The van der Waals surface area contributed by atoms with Crippen molar-refractivity contribution in [3.8, 4) is 11.8 Å². The Labute approximate surface area is 95.1 Å². The van der Waals surface area contributed by atoms with Crippen LogP contribution in [-0.4, -0.2) is 31.6 Å². The third-order valence-electron chi connectivity index (χ3n) is 2.30. The molecular formula is C12H15FN2O. The number of ether oxygens (including phenoxy) is 1. The highest BCUT2D eigenvalue weighted by Crippen LogP contribution is 2.13. The molecule has 86 valence electrons. The summed E-state index contributed by atoms with van der Waals surface area (Å²) in [4.78, 5) is 1.92. The van der Waals surface area contributed by atoms with E-state index in [1.54, 1.807) is 12.1 Å². The summed E-state index contributed by atoms with van der Waals surface area (Å²) in [6, 6.07) is 8.12. The number of hydrogen-bond acceptors (Lipinski definition) is 3. The fraction of sp³-hybridized carbons (Fsp3) is 0.417. The Morgan fingerprint density at radius 3 is 2.81 bits per heavy atom. The summed E-state index contributed by atoms with van der Waals surface area (Å²) < 4.78 is 18.3. The number of nitriles is 1. The molecule has 4 heteroatoms. The average molecular weight is 222 g/mol. The van der Waals surface area contributed by atoms with E-state index in [0.29, 0.717) is 18.8 Å². The molecule has 0 saturated carbocycles. The van der Waals surface area contributed by atoms with E-state index in [0.717, 1.165) is 0 Å². The monoisotopic (exact) mass is 222 g/mol. The molecule has 0 bridgehead atoms. The Kier molecular flexibility index (Phi) is 4.74. The third-order valence-corrected chi connectivity index (χ3v) is 2.30. The van der Waals surface area contributed by atoms with Crippen molar-refractivity contribution in [2.24, 2.45) is 0 Å². The van der Waals surface area contributed by atoms with Crippen LogP contribution in [0.3, 0.4) is 0 Å². The number of hydrogen-bond donors (Lipinski definition) is 0. The molecule has 1 atom stereocenters. The molecule has 0 aliphatic rings. The lowest BCUT2D eigenvalue weighted by Gasteiger charge is -2.21. The molecule has 0 aromatic heterocycles. The molecule has 1 unspecified atom stereocenters. The summed E-state index contributed by atoms with van der Waals surface area (Å²) in [5.41, 5.74) is 0. The zero-order valence-corrected chi connectivity index (χ0v) is 9.48. The predicted octanol–water partition coefficient (Wildman–Crippen LogP) is 2.05. The molecule has 0 amide bonds. The summed E-state index contributed by atoms with van der Waals surface area (Å²) >= 11 is 0. The predicted molar refractivity (Wildman–Crippen MR) is 59.6 cm³/mol. The van der Waals surface area contributed by atoms with Gasteiger partial charge in [0, 0.05) is 6.07 Å². The maximum atomic E-state index is 12.9. The molecule has 1 rings (SSSR count). The van der Waals surface area contributed by atoms with Gasteiger partial charge in [-0.05, 0) is 26.2 Å². The second kappa shape index (κ2) is 6.09. The van der Waals surface area contributed by atoms with E-state index in [4.69, 9.17) is 10.00 Å². The van der Waals surface area contributed by atoms with Gasteiger partial charge in [-0.1, -0.05) is 6.07 Å². The van der Waals surface area contributed by atoms with Gasteiger partial charge in [0.1, 0.15) is 18.2 Å². The Morgan fingerprint density at radius 1 is 1.50 bits per heavy atom. The van der Waals surface area contributed by atoms with Crippen molar-refractivity contribution in [1.29, 1.82) is 5.26 Å². The first-order valence-electron chi connectivity index (χ1n) is 5.05. The summed E-state index contributed by atoms with van der Waals surface area (Å²) in [6.45, 7) is 0.379. The van der Waals surface area contributed by atoms with E-state index in [1.165, 1.54) is 12.1 Å². The maximum absolute atomic E-state index is 12.9. The fourth-order valence-electron chi connectivity index (χ4n) is 1.25. The van der Waals surface area contributed by atoms with Crippen LogP contribution < -0.4 is 4.74 Å². The van der Waals surface area contributed by atoms with E-state index in [2.05, 4.69) is 6.07 Å². The number of rotatable bonds is 5. The van der Waals surface area contributed by atoms with Gasteiger partial charge >= 0.3 is 0 Å². The Balaban J connectivity index is 2.52. The van der Waals surface area contributed by atoms with Gasteiger partial charge < -0.3 is 9.64 Å². The fourth-order valence-corrected chi connectivity index (χ4v) is 1.25. The van der Waals surface area contributed by atoms with Crippen LogP contribution in [0.1, 0.15) is 6.42 Å². The molecule has 0 saturated heterocycles. The van der Waals surface area contributed by atoms with Crippen LogP contribution in [0.15, 0.2) is 24.3 Å². The van der Waals surface area contributed by atoms with Crippen LogP contribution in [0.4, 0.5) is 4.39 Å². The second-order valence-electron chi connectivity index (χ2n) is 3.75. The van der Waals surface area contributed by atoms with Crippen molar-refractivity contribution in [3.63, 3.8) is 0 Å². The minimum absolute atomic E-state index is 0.0215. The minimum atomic E-state index is -0.320. The third kappa shape index (κ3) is 3.87. The van der Waals surface area contributed by atoms with Crippen molar-refractivity contribution >= 4 is 0 Å². The summed E-state index contributed by atoms with van der Waals surface area (Å²) in [5.74, 6) is 0.170. The standard InChI is InChI=1S/C12H15FN2O/c1-15(2)11(6-7-14)9-16-12-5-3-4-10(13)8-12/h3-5,8,11H,6,9H2,1-2H3. The minimum Gasteiger partial charge on any atom is -0.492 e. The molecule has 1 aromatic rings. The quantitative estimate of drug-likeness (QED) is 0.765. The number of halogens is 1. The molecule has 0 radical (unpaired) electrons. The zero-order valence-electron chi connectivity index (χ0n) is 9.48. The van der Waals surface area contributed by atoms with Gasteiger partial charge in [-0.3, -0.25) is 0 Å². The SMILES string of the molecule is CN(C)C(CC#N)COc1cccc(F)c1. The van der Waals surface area contributed by atoms with Crippen molar-refractivity contribution < 1.29 is 9.13 Å². The highest BCUT2D eigenvalue weighted by atomic mass is 19.1. The summed E-state index contributed by atoms with van der Waals surface area (Å²) in [5, 5.41) is 8.63. The van der Waals surface area contributed by atoms with Crippen molar-refractivity contribution in [3.05, 3.63) is 30.1 Å². The number of benzene rings is 1. The molecule has 0 heterocycles. The van der Waals surface area contributed by atoms with Gasteiger partial charge in [0.05, 0.1) is 18.5 Å². The van der Waals surface area contributed by atoms with Gasteiger partial charge in [0.15, 0.2) is 0 Å². The normalized spacial score (nSPS) is 12.2. The Hall–Kier alpha value is -1.60. The van der Waals surface area contributed by atoms with Gasteiger partial charge in [-0.25, -0.2) is 4.39 Å². The maximum Gasteiger partial charge on any atom is 0.126 e. The Morgan fingerprint density at radius 2 is 2.25 bits per heavy atom. The molecule has 3 nitrogen and oxygen atoms in total. The van der Waals surface area contributed by atoms with Gasteiger partial charge in [-0.2, -0.15) is 5.26 Å². The highest BCUT2D eigenvalue weighted by molar-refractivity contribution is 5.22. The van der Waals surface area contributed by atoms with Gasteiger partial charge in [0.2, 0.25) is 0 Å². The number of nitrogens with zero attached hydrogens (tertiary/aromatic N) is 2. The number of likely N-dealkylation sites (N-methyl/N-ethyl adjacent to an activating group) is 1. The molecule has 16 heavy (non-hydrogen) atoms. The van der Waals surface area contributed by atoms with Crippen molar-refractivity contribution in [2.45, 2.75) is 12.5 Å². The molecule has 0 aliphatic carbocycles. The van der Waals surface area contributed by atoms with E-state index in [-0.39, 0.29) is 11.9 Å². The largest absolute Gasteiger partial charge is 0.492 e. The van der Waals surface area contributed by atoms with E-state index in [9.17, 15) is 4.39 Å². The first-order valence-corrected chi connectivity index (χ1v) is 5.05. The van der Waals surface area contributed by atoms with E-state index < -0.39 is 0 Å². The molecule has 0 N–H and O–H groups in total. The summed E-state index contributed by atoms with van der Waals surface area (Å²) in [7, 11) is 3.77. The molecule has 0 spiro atoms. The van der Waals surface area contributed by atoms with Crippen LogP contribution in [0.25, 0.3) is 0 Å². The van der Waals surface area contributed by atoms with Crippen LogP contribution in [-0.2, 0) is 0 Å². The molecule has 0 fully saturated rings. The van der Waals surface area contributed by atoms with Crippen molar-refractivity contribution in [1.82, 2.24) is 4.90 Å². The first-order chi connectivity index (χ1) is 7.63. The van der Waals surface area contributed by atoms with E-state index >= 15 is 0 Å². The average Bonchev–Trinajstić information content (AvgIpc) is 2.24. The first kappa shape index (κ1) is 12.5. The highest BCUT2D eigenvalue weighted by Gasteiger charge is 2.11. The summed E-state index contributed by atoms with van der Waals surface area (Å²) in [6.07, 6.45) is 0.391.